The van der Waals surface area contributed by atoms with Crippen molar-refractivity contribution in [3.05, 3.63) is 65.5 Å². The zero-order valence-corrected chi connectivity index (χ0v) is 17.4. The first-order valence-corrected chi connectivity index (χ1v) is 10.4. The lowest BCUT2D eigenvalue weighted by molar-refractivity contribution is -0.115. The molecule has 1 heterocycles. The van der Waals surface area contributed by atoms with E-state index in [1.54, 1.807) is 7.11 Å². The number of carbonyl (C=O) groups excluding carboxylic acids is 1. The van der Waals surface area contributed by atoms with Gasteiger partial charge in [0.25, 0.3) is 0 Å². The van der Waals surface area contributed by atoms with E-state index in [9.17, 15) is 4.79 Å². The van der Waals surface area contributed by atoms with Crippen LogP contribution in [0.25, 0.3) is 0 Å². The topological polar surface area (TPSA) is 95.1 Å². The van der Waals surface area contributed by atoms with E-state index >= 15 is 0 Å². The minimum atomic E-state index is -0.0573. The number of benzene rings is 2. The maximum absolute atomic E-state index is 12.2. The number of hydrogen-bond acceptors (Lipinski definition) is 6. The summed E-state index contributed by atoms with van der Waals surface area (Å²) in [6.45, 7) is 1.93. The van der Waals surface area contributed by atoms with Gasteiger partial charge in [-0.15, -0.1) is 10.2 Å². The highest BCUT2D eigenvalue weighted by Gasteiger charge is 2.12. The molecule has 1 amide bonds. The van der Waals surface area contributed by atoms with Gasteiger partial charge in [-0.2, -0.15) is 0 Å². The van der Waals surface area contributed by atoms with Gasteiger partial charge in [-0.25, -0.2) is 4.68 Å². The molecule has 0 bridgehead atoms. The summed E-state index contributed by atoms with van der Waals surface area (Å²) in [6.07, 6.45) is 1.91. The zero-order chi connectivity index (χ0) is 20.6. The Hall–Kier alpha value is -3.00. The minimum Gasteiger partial charge on any atom is -0.497 e. The monoisotopic (exact) mass is 411 g/mol. The average Bonchev–Trinajstić information content (AvgIpc) is 3.08. The van der Waals surface area contributed by atoms with E-state index in [1.165, 1.54) is 22.0 Å². The number of ether oxygens (including phenoxy) is 1. The van der Waals surface area contributed by atoms with Crippen molar-refractivity contribution >= 4 is 23.4 Å². The molecule has 29 heavy (non-hydrogen) atoms. The average molecular weight is 412 g/mol. The van der Waals surface area contributed by atoms with Crippen LogP contribution in [0.3, 0.4) is 0 Å². The Balaban J connectivity index is 1.46. The van der Waals surface area contributed by atoms with Crippen molar-refractivity contribution in [1.82, 2.24) is 14.9 Å². The SMILES string of the molecule is COc1ccc(NC(=O)CCSc2nnc(CCc3ccccc3)n2N)c(C)c1. The predicted octanol–water partition coefficient (Wildman–Crippen LogP) is 3.22. The fourth-order valence-electron chi connectivity index (χ4n) is 2.83. The number of carbonyl (C=O) groups is 1. The number of aromatic nitrogens is 3. The lowest BCUT2D eigenvalue weighted by atomic mass is 10.1. The molecule has 0 atom stereocenters. The highest BCUT2D eigenvalue weighted by Crippen LogP contribution is 2.22. The summed E-state index contributed by atoms with van der Waals surface area (Å²) in [7, 11) is 1.62. The molecule has 3 aromatic rings. The number of methoxy groups -OCH3 is 1. The molecular formula is C21H25N5O2S. The van der Waals surface area contributed by atoms with Crippen LogP contribution in [0.2, 0.25) is 0 Å². The number of nitrogens with two attached hydrogens (primary N) is 1. The molecule has 3 N–H and O–H groups in total. The lowest BCUT2D eigenvalue weighted by Crippen LogP contribution is -2.16. The fourth-order valence-corrected chi connectivity index (χ4v) is 3.64. The number of nitrogen functional groups attached to an aromatic ring is 1. The standard InChI is InChI=1S/C21H25N5O2S/c1-15-14-17(28-2)9-10-18(15)23-20(27)12-13-29-21-25-24-19(26(21)22)11-8-16-6-4-3-5-7-16/h3-7,9-10,14H,8,11-13,22H2,1-2H3,(H,23,27). The molecule has 1 aromatic heterocycles. The number of thioether (sulfide) groups is 1. The summed E-state index contributed by atoms with van der Waals surface area (Å²) in [5.41, 5.74) is 2.97. The van der Waals surface area contributed by atoms with Crippen molar-refractivity contribution in [2.75, 3.05) is 24.0 Å². The number of rotatable bonds is 9. The Morgan fingerprint density at radius 1 is 1.17 bits per heavy atom. The van der Waals surface area contributed by atoms with Crippen molar-refractivity contribution in [2.45, 2.75) is 31.3 Å². The quantitative estimate of drug-likeness (QED) is 0.415. The lowest BCUT2D eigenvalue weighted by Gasteiger charge is -2.09. The van der Waals surface area contributed by atoms with Crippen LogP contribution in [0.5, 0.6) is 5.75 Å². The Morgan fingerprint density at radius 2 is 1.97 bits per heavy atom. The van der Waals surface area contributed by atoms with Crippen LogP contribution in [0.1, 0.15) is 23.4 Å². The second kappa shape index (κ2) is 9.97. The van der Waals surface area contributed by atoms with Crippen LogP contribution < -0.4 is 15.9 Å². The van der Waals surface area contributed by atoms with Crippen molar-refractivity contribution in [3.63, 3.8) is 0 Å². The van der Waals surface area contributed by atoms with Crippen LogP contribution in [0, 0.1) is 6.92 Å². The third-order valence-corrected chi connectivity index (χ3v) is 5.43. The van der Waals surface area contributed by atoms with Gasteiger partial charge in [-0.05, 0) is 42.7 Å². The number of anilines is 1. The summed E-state index contributed by atoms with van der Waals surface area (Å²) < 4.78 is 6.69. The number of aryl methyl sites for hydroxylation is 3. The van der Waals surface area contributed by atoms with Crippen molar-refractivity contribution in [3.8, 4) is 5.75 Å². The van der Waals surface area contributed by atoms with Gasteiger partial charge in [0, 0.05) is 24.3 Å². The maximum Gasteiger partial charge on any atom is 0.225 e. The van der Waals surface area contributed by atoms with Crippen molar-refractivity contribution < 1.29 is 9.53 Å². The van der Waals surface area contributed by atoms with Crippen LogP contribution in [-0.4, -0.2) is 33.6 Å². The molecule has 152 valence electrons. The Labute approximate surface area is 174 Å². The van der Waals surface area contributed by atoms with E-state index in [-0.39, 0.29) is 5.91 Å². The van der Waals surface area contributed by atoms with E-state index in [1.807, 2.05) is 43.3 Å². The molecule has 0 fully saturated rings. The molecule has 2 aromatic carbocycles. The number of nitrogens with zero attached hydrogens (tertiary/aromatic N) is 3. The summed E-state index contributed by atoms with van der Waals surface area (Å²) >= 11 is 1.42. The summed E-state index contributed by atoms with van der Waals surface area (Å²) in [6, 6.07) is 15.7. The first kappa shape index (κ1) is 20.7. The zero-order valence-electron chi connectivity index (χ0n) is 16.6. The van der Waals surface area contributed by atoms with Gasteiger partial charge >= 0.3 is 0 Å². The number of amides is 1. The number of nitrogens with one attached hydrogen (secondary N) is 1. The van der Waals surface area contributed by atoms with Crippen LogP contribution in [0.15, 0.2) is 53.7 Å². The highest BCUT2D eigenvalue weighted by molar-refractivity contribution is 7.99. The summed E-state index contributed by atoms with van der Waals surface area (Å²) in [4.78, 5) is 12.2. The van der Waals surface area contributed by atoms with Crippen molar-refractivity contribution in [1.29, 1.82) is 0 Å². The molecule has 0 unspecified atom stereocenters. The van der Waals surface area contributed by atoms with Crippen molar-refractivity contribution in [2.24, 2.45) is 0 Å². The highest BCUT2D eigenvalue weighted by atomic mass is 32.2. The van der Waals surface area contributed by atoms with E-state index < -0.39 is 0 Å². The Bertz CT molecular complexity index is 959. The van der Waals surface area contributed by atoms with E-state index in [2.05, 4.69) is 27.6 Å². The first-order valence-electron chi connectivity index (χ1n) is 9.37. The molecule has 0 radical (unpaired) electrons. The van der Waals surface area contributed by atoms with E-state index in [0.29, 0.717) is 23.8 Å². The molecule has 7 nitrogen and oxygen atoms in total. The molecule has 0 spiro atoms. The normalized spacial score (nSPS) is 10.7. The maximum atomic E-state index is 12.2. The molecule has 0 aliphatic heterocycles. The Kier molecular flexibility index (Phi) is 7.13. The molecular weight excluding hydrogens is 386 g/mol. The molecule has 8 heteroatoms. The molecule has 0 saturated carbocycles. The molecule has 0 aliphatic rings. The smallest absolute Gasteiger partial charge is 0.225 e. The van der Waals surface area contributed by atoms with Crippen LogP contribution in [0.4, 0.5) is 5.69 Å². The number of hydrogen-bond donors (Lipinski definition) is 2. The summed E-state index contributed by atoms with van der Waals surface area (Å²) in [5.74, 6) is 8.12. The minimum absolute atomic E-state index is 0.0573. The second-order valence-electron chi connectivity index (χ2n) is 6.58. The molecule has 3 rings (SSSR count). The predicted molar refractivity (Wildman–Crippen MR) is 116 cm³/mol. The first-order chi connectivity index (χ1) is 14.1. The van der Waals surface area contributed by atoms with Crippen LogP contribution >= 0.6 is 11.8 Å². The Morgan fingerprint density at radius 3 is 2.69 bits per heavy atom. The molecule has 0 saturated heterocycles. The fraction of sp³-hybridized carbons (Fsp3) is 0.286. The third kappa shape index (κ3) is 5.74. The van der Waals surface area contributed by atoms with E-state index in [0.717, 1.165) is 29.2 Å². The van der Waals surface area contributed by atoms with Gasteiger partial charge in [0.1, 0.15) is 5.75 Å². The largest absolute Gasteiger partial charge is 0.497 e. The van der Waals surface area contributed by atoms with E-state index in [4.69, 9.17) is 10.6 Å². The molecule has 0 aliphatic carbocycles. The summed E-state index contributed by atoms with van der Waals surface area (Å²) in [5, 5.41) is 11.9. The second-order valence-corrected chi connectivity index (χ2v) is 7.64. The van der Waals surface area contributed by atoms with Gasteiger partial charge in [-0.3, -0.25) is 4.79 Å². The van der Waals surface area contributed by atoms with Gasteiger partial charge in [0.2, 0.25) is 11.1 Å². The van der Waals surface area contributed by atoms with Gasteiger partial charge in [-0.1, -0.05) is 42.1 Å². The van der Waals surface area contributed by atoms with Crippen LogP contribution in [-0.2, 0) is 17.6 Å². The van der Waals surface area contributed by atoms with Gasteiger partial charge in [0.15, 0.2) is 5.82 Å². The van der Waals surface area contributed by atoms with Gasteiger partial charge < -0.3 is 15.9 Å². The third-order valence-electron chi connectivity index (χ3n) is 4.48. The van der Waals surface area contributed by atoms with Gasteiger partial charge in [0.05, 0.1) is 7.11 Å².